The Morgan fingerprint density at radius 1 is 1.40 bits per heavy atom. The van der Waals surface area contributed by atoms with Crippen LogP contribution in [0.25, 0.3) is 0 Å². The molecular weight excluding hydrogens is 396 g/mol. The number of methoxy groups -OCH3 is 1. The molecule has 0 atom stereocenters. The largest absolute Gasteiger partial charge is 0.383 e. The lowest BCUT2D eigenvalue weighted by molar-refractivity contribution is 0.203. The third-order valence-electron chi connectivity index (χ3n) is 2.35. The fraction of sp³-hybridized carbons (Fsp3) is 0.462. The van der Waals surface area contributed by atoms with Crippen LogP contribution in [0.15, 0.2) is 23.2 Å². The number of guanidine groups is 1. The summed E-state index contributed by atoms with van der Waals surface area (Å²) in [7, 11) is 1.65. The molecule has 0 spiro atoms. The van der Waals surface area contributed by atoms with E-state index in [1.165, 1.54) is 6.07 Å². The first-order chi connectivity index (χ1) is 9.17. The monoisotopic (exact) mass is 415 g/mol. The van der Waals surface area contributed by atoms with Crippen LogP contribution < -0.4 is 10.6 Å². The van der Waals surface area contributed by atoms with Gasteiger partial charge in [0.05, 0.1) is 18.2 Å². The lowest BCUT2D eigenvalue weighted by Gasteiger charge is -2.10. The topological polar surface area (TPSA) is 45.7 Å². The second kappa shape index (κ2) is 11.1. The number of rotatable bonds is 6. The average molecular weight is 416 g/mol. The minimum atomic E-state index is -0.417. The molecule has 0 aromatic heterocycles. The highest BCUT2D eigenvalue weighted by molar-refractivity contribution is 14.0. The summed E-state index contributed by atoms with van der Waals surface area (Å²) in [6.07, 6.45) is 0. The normalized spacial score (nSPS) is 10.9. The maximum atomic E-state index is 13.0. The molecule has 2 N–H and O–H groups in total. The smallest absolute Gasteiger partial charge is 0.191 e. The van der Waals surface area contributed by atoms with Gasteiger partial charge in [0.2, 0.25) is 0 Å². The summed E-state index contributed by atoms with van der Waals surface area (Å²) >= 11 is 5.72. The first kappa shape index (κ1) is 19.4. The molecule has 0 unspecified atom stereocenters. The van der Waals surface area contributed by atoms with Gasteiger partial charge >= 0.3 is 0 Å². The van der Waals surface area contributed by atoms with E-state index in [1.54, 1.807) is 19.2 Å². The Labute approximate surface area is 141 Å². The Morgan fingerprint density at radius 2 is 2.15 bits per heavy atom. The van der Waals surface area contributed by atoms with Crippen molar-refractivity contribution >= 4 is 41.5 Å². The average Bonchev–Trinajstić information content (AvgIpc) is 2.40. The minimum Gasteiger partial charge on any atom is -0.383 e. The summed E-state index contributed by atoms with van der Waals surface area (Å²) in [6, 6.07) is 4.60. The molecular formula is C13H20ClFIN3O. The van der Waals surface area contributed by atoms with Crippen LogP contribution in [0, 0.1) is 5.82 Å². The van der Waals surface area contributed by atoms with E-state index in [9.17, 15) is 4.39 Å². The van der Waals surface area contributed by atoms with Crippen LogP contribution in [0.3, 0.4) is 0 Å². The van der Waals surface area contributed by atoms with Crippen LogP contribution in [-0.4, -0.2) is 32.8 Å². The van der Waals surface area contributed by atoms with E-state index in [1.807, 2.05) is 6.92 Å². The first-order valence-electron chi connectivity index (χ1n) is 6.12. The zero-order valence-corrected chi connectivity index (χ0v) is 14.7. The molecule has 0 heterocycles. The zero-order chi connectivity index (χ0) is 14.1. The number of aliphatic imine (C=N–C) groups is 1. The third kappa shape index (κ3) is 7.25. The molecule has 114 valence electrons. The highest BCUT2D eigenvalue weighted by Crippen LogP contribution is 2.16. The standard InChI is InChI=1S/C13H19ClFN3O.HI/c1-3-16-13(17-6-7-19-2)18-9-10-4-5-12(15)11(14)8-10;/h4-5,8H,3,6-7,9H2,1-2H3,(H2,16,17,18);1H. The van der Waals surface area contributed by atoms with Crippen molar-refractivity contribution in [3.05, 3.63) is 34.6 Å². The van der Waals surface area contributed by atoms with E-state index in [2.05, 4.69) is 15.6 Å². The van der Waals surface area contributed by atoms with Gasteiger partial charge in [0.15, 0.2) is 5.96 Å². The number of halogens is 3. The Balaban J connectivity index is 0.00000361. The number of benzene rings is 1. The van der Waals surface area contributed by atoms with Crippen molar-refractivity contribution in [1.29, 1.82) is 0 Å². The van der Waals surface area contributed by atoms with Gasteiger partial charge in [0.1, 0.15) is 5.82 Å². The van der Waals surface area contributed by atoms with Crippen LogP contribution in [0.4, 0.5) is 4.39 Å². The molecule has 4 nitrogen and oxygen atoms in total. The quantitative estimate of drug-likeness (QED) is 0.325. The van der Waals surface area contributed by atoms with E-state index >= 15 is 0 Å². The maximum absolute atomic E-state index is 13.0. The molecule has 0 saturated heterocycles. The molecule has 0 amide bonds. The summed E-state index contributed by atoms with van der Waals surface area (Å²) in [5.74, 6) is 0.277. The molecule has 1 rings (SSSR count). The second-order valence-corrected chi connectivity index (χ2v) is 4.27. The SMILES string of the molecule is CCNC(=NCc1ccc(F)c(Cl)c1)NCCOC.I. The van der Waals surface area contributed by atoms with Crippen LogP contribution >= 0.6 is 35.6 Å². The zero-order valence-electron chi connectivity index (χ0n) is 11.6. The molecule has 0 aliphatic carbocycles. The molecule has 20 heavy (non-hydrogen) atoms. The van der Waals surface area contributed by atoms with Gasteiger partial charge in [-0.15, -0.1) is 24.0 Å². The summed E-state index contributed by atoms with van der Waals surface area (Å²) in [4.78, 5) is 4.38. The number of hydrogen-bond acceptors (Lipinski definition) is 2. The minimum absolute atomic E-state index is 0. The van der Waals surface area contributed by atoms with Gasteiger partial charge in [-0.25, -0.2) is 9.38 Å². The first-order valence-corrected chi connectivity index (χ1v) is 6.50. The van der Waals surface area contributed by atoms with Crippen molar-refractivity contribution in [3.63, 3.8) is 0 Å². The number of nitrogens with zero attached hydrogens (tertiary/aromatic N) is 1. The van der Waals surface area contributed by atoms with Gasteiger partial charge in [-0.2, -0.15) is 0 Å². The van der Waals surface area contributed by atoms with Crippen LogP contribution in [0.1, 0.15) is 12.5 Å². The van der Waals surface area contributed by atoms with Crippen molar-refractivity contribution in [3.8, 4) is 0 Å². The molecule has 0 bridgehead atoms. The van der Waals surface area contributed by atoms with E-state index < -0.39 is 5.82 Å². The van der Waals surface area contributed by atoms with Crippen molar-refractivity contribution < 1.29 is 9.13 Å². The number of hydrogen-bond donors (Lipinski definition) is 2. The molecule has 0 radical (unpaired) electrons. The second-order valence-electron chi connectivity index (χ2n) is 3.86. The highest BCUT2D eigenvalue weighted by atomic mass is 127. The van der Waals surface area contributed by atoms with Crippen molar-refractivity contribution in [1.82, 2.24) is 10.6 Å². The Hall–Kier alpha value is -0.600. The summed E-state index contributed by atoms with van der Waals surface area (Å²) < 4.78 is 18.0. The fourth-order valence-electron chi connectivity index (χ4n) is 1.42. The van der Waals surface area contributed by atoms with Gasteiger partial charge in [0, 0.05) is 20.2 Å². The predicted molar refractivity (Wildman–Crippen MR) is 91.5 cm³/mol. The van der Waals surface area contributed by atoms with E-state index in [-0.39, 0.29) is 29.0 Å². The summed E-state index contributed by atoms with van der Waals surface area (Å²) in [5, 5.41) is 6.35. The van der Waals surface area contributed by atoms with Gasteiger partial charge in [-0.3, -0.25) is 0 Å². The van der Waals surface area contributed by atoms with E-state index in [0.717, 1.165) is 12.1 Å². The van der Waals surface area contributed by atoms with Crippen molar-refractivity contribution in [2.45, 2.75) is 13.5 Å². The lowest BCUT2D eigenvalue weighted by Crippen LogP contribution is -2.38. The van der Waals surface area contributed by atoms with E-state index in [4.69, 9.17) is 16.3 Å². The van der Waals surface area contributed by atoms with Gasteiger partial charge in [-0.05, 0) is 24.6 Å². The fourth-order valence-corrected chi connectivity index (χ4v) is 1.62. The Morgan fingerprint density at radius 3 is 2.75 bits per heavy atom. The lowest BCUT2D eigenvalue weighted by atomic mass is 10.2. The summed E-state index contributed by atoms with van der Waals surface area (Å²) in [5.41, 5.74) is 0.857. The van der Waals surface area contributed by atoms with E-state index in [0.29, 0.717) is 25.7 Å². The van der Waals surface area contributed by atoms with Crippen LogP contribution in [0.2, 0.25) is 5.02 Å². The molecule has 7 heteroatoms. The molecule has 0 aliphatic rings. The molecule has 0 fully saturated rings. The van der Waals surface area contributed by atoms with Crippen molar-refractivity contribution in [2.24, 2.45) is 4.99 Å². The number of ether oxygens (including phenoxy) is 1. The van der Waals surface area contributed by atoms with Gasteiger partial charge < -0.3 is 15.4 Å². The molecule has 0 aliphatic heterocycles. The number of nitrogens with one attached hydrogen (secondary N) is 2. The van der Waals surface area contributed by atoms with Crippen LogP contribution in [-0.2, 0) is 11.3 Å². The summed E-state index contributed by atoms with van der Waals surface area (Å²) in [6.45, 7) is 4.47. The maximum Gasteiger partial charge on any atom is 0.191 e. The van der Waals surface area contributed by atoms with Gasteiger partial charge in [-0.1, -0.05) is 17.7 Å². The predicted octanol–water partition coefficient (Wildman–Crippen LogP) is 2.80. The molecule has 0 saturated carbocycles. The highest BCUT2D eigenvalue weighted by Gasteiger charge is 2.01. The van der Waals surface area contributed by atoms with Gasteiger partial charge in [0.25, 0.3) is 0 Å². The Kier molecular flexibility index (Phi) is 10.8. The molecule has 1 aromatic carbocycles. The van der Waals surface area contributed by atoms with Crippen molar-refractivity contribution in [2.75, 3.05) is 26.8 Å². The third-order valence-corrected chi connectivity index (χ3v) is 2.64. The van der Waals surface area contributed by atoms with Crippen LogP contribution in [0.5, 0.6) is 0 Å². The molecule has 1 aromatic rings. The Bertz CT molecular complexity index is 432.